The van der Waals surface area contributed by atoms with Gasteiger partial charge < -0.3 is 9.84 Å². The maximum atomic E-state index is 12.8. The average molecular weight is 402 g/mol. The van der Waals surface area contributed by atoms with E-state index in [1.54, 1.807) is 0 Å². The van der Waals surface area contributed by atoms with Crippen LogP contribution in [0.15, 0.2) is 53.1 Å². The van der Waals surface area contributed by atoms with Crippen LogP contribution in [-0.2, 0) is 13.1 Å². The number of carbonyl (C=O) groups is 3. The zero-order valence-electron chi connectivity index (χ0n) is 16.0. The summed E-state index contributed by atoms with van der Waals surface area (Å²) >= 11 is 0. The molecule has 0 bridgehead atoms. The first-order chi connectivity index (χ1) is 14.6. The minimum Gasteiger partial charge on any atom is -0.343 e. The van der Waals surface area contributed by atoms with Crippen LogP contribution in [-0.4, -0.2) is 32.8 Å². The molecule has 1 N–H and O–H groups in total. The van der Waals surface area contributed by atoms with Crippen molar-refractivity contribution in [1.29, 1.82) is 0 Å². The van der Waals surface area contributed by atoms with Gasteiger partial charge in [-0.25, -0.2) is 0 Å². The highest BCUT2D eigenvalue weighted by atomic mass is 16.5. The van der Waals surface area contributed by atoms with Gasteiger partial charge in [0.2, 0.25) is 5.89 Å². The summed E-state index contributed by atoms with van der Waals surface area (Å²) in [5.41, 5.74) is 1.68. The standard InChI is InChI=1S/C22H18N4O4/c27-20(23-11-18-24-19(25-30-18)14-6-7-14)15-8-9-16-17(10-15)22(29)26(21(16)28)12-13-4-2-1-3-5-13/h1-5,8-10,14H,6-7,11-12H2,(H,23,27). The average Bonchev–Trinajstić information content (AvgIpc) is 3.47. The highest BCUT2D eigenvalue weighted by molar-refractivity contribution is 6.22. The number of carbonyl (C=O) groups excluding carboxylic acids is 3. The van der Waals surface area contributed by atoms with E-state index in [4.69, 9.17) is 4.52 Å². The van der Waals surface area contributed by atoms with Crippen molar-refractivity contribution in [3.05, 3.63) is 82.5 Å². The Kier molecular flexibility index (Phi) is 4.39. The normalized spacial score (nSPS) is 15.4. The van der Waals surface area contributed by atoms with E-state index in [1.807, 2.05) is 30.3 Å². The Morgan fingerprint density at radius 1 is 1.07 bits per heavy atom. The molecule has 3 amide bonds. The van der Waals surface area contributed by atoms with Gasteiger partial charge in [0.1, 0.15) is 0 Å². The number of rotatable bonds is 6. The molecule has 0 saturated heterocycles. The molecular weight excluding hydrogens is 384 g/mol. The molecule has 1 aromatic heterocycles. The number of aromatic nitrogens is 2. The molecule has 0 radical (unpaired) electrons. The summed E-state index contributed by atoms with van der Waals surface area (Å²) in [4.78, 5) is 43.4. The topological polar surface area (TPSA) is 105 Å². The Bertz CT molecular complexity index is 1150. The monoisotopic (exact) mass is 402 g/mol. The fourth-order valence-electron chi connectivity index (χ4n) is 3.45. The quantitative estimate of drug-likeness (QED) is 0.636. The number of imide groups is 1. The van der Waals surface area contributed by atoms with Gasteiger partial charge in [-0.1, -0.05) is 35.5 Å². The van der Waals surface area contributed by atoms with Crippen molar-refractivity contribution >= 4 is 17.7 Å². The van der Waals surface area contributed by atoms with Crippen molar-refractivity contribution in [3.63, 3.8) is 0 Å². The van der Waals surface area contributed by atoms with E-state index in [2.05, 4.69) is 15.5 Å². The smallest absolute Gasteiger partial charge is 0.261 e. The summed E-state index contributed by atoms with van der Waals surface area (Å²) in [5.74, 6) is 0.248. The number of benzene rings is 2. The van der Waals surface area contributed by atoms with Crippen LogP contribution in [0, 0.1) is 0 Å². The molecule has 1 aliphatic heterocycles. The number of amides is 3. The molecule has 2 aromatic carbocycles. The van der Waals surface area contributed by atoms with Crippen molar-refractivity contribution in [2.24, 2.45) is 0 Å². The predicted molar refractivity (Wildman–Crippen MR) is 105 cm³/mol. The number of hydrogen-bond donors (Lipinski definition) is 1. The molecule has 150 valence electrons. The Morgan fingerprint density at radius 2 is 1.83 bits per heavy atom. The molecule has 2 heterocycles. The van der Waals surface area contributed by atoms with Gasteiger partial charge in [-0.05, 0) is 36.6 Å². The zero-order chi connectivity index (χ0) is 20.7. The summed E-state index contributed by atoms with van der Waals surface area (Å²) in [6.45, 7) is 0.290. The fraction of sp³-hybridized carbons (Fsp3) is 0.227. The van der Waals surface area contributed by atoms with Crippen molar-refractivity contribution in [3.8, 4) is 0 Å². The molecule has 0 spiro atoms. The van der Waals surface area contributed by atoms with Crippen LogP contribution in [0.2, 0.25) is 0 Å². The fourth-order valence-corrected chi connectivity index (χ4v) is 3.45. The maximum absolute atomic E-state index is 12.8. The summed E-state index contributed by atoms with van der Waals surface area (Å²) in [6.07, 6.45) is 2.13. The third-order valence-electron chi connectivity index (χ3n) is 5.24. The SMILES string of the molecule is O=C(NCc1nc(C2CC2)no1)c1ccc2c(c1)C(=O)N(Cc1ccccc1)C2=O. The molecule has 30 heavy (non-hydrogen) atoms. The molecule has 1 aliphatic carbocycles. The first kappa shape index (κ1) is 18.2. The Morgan fingerprint density at radius 3 is 2.60 bits per heavy atom. The van der Waals surface area contributed by atoms with Crippen molar-refractivity contribution in [2.45, 2.75) is 31.8 Å². The minimum absolute atomic E-state index is 0.0998. The molecule has 1 saturated carbocycles. The van der Waals surface area contributed by atoms with E-state index >= 15 is 0 Å². The molecule has 1 fully saturated rings. The molecule has 0 atom stereocenters. The van der Waals surface area contributed by atoms with Crippen LogP contribution in [0.5, 0.6) is 0 Å². The van der Waals surface area contributed by atoms with Crippen molar-refractivity contribution in [2.75, 3.05) is 0 Å². The van der Waals surface area contributed by atoms with E-state index in [9.17, 15) is 14.4 Å². The second kappa shape index (κ2) is 7.22. The highest BCUT2D eigenvalue weighted by Gasteiger charge is 2.36. The molecule has 8 nitrogen and oxygen atoms in total. The molecule has 2 aliphatic rings. The predicted octanol–water partition coefficient (Wildman–Crippen LogP) is 2.67. The van der Waals surface area contributed by atoms with Gasteiger partial charge >= 0.3 is 0 Å². The van der Waals surface area contributed by atoms with Gasteiger partial charge in [0.05, 0.1) is 24.2 Å². The van der Waals surface area contributed by atoms with E-state index < -0.39 is 5.91 Å². The van der Waals surface area contributed by atoms with Crippen LogP contribution in [0.3, 0.4) is 0 Å². The lowest BCUT2D eigenvalue weighted by atomic mass is 10.1. The minimum atomic E-state index is -0.403. The second-order valence-corrected chi connectivity index (χ2v) is 7.45. The summed E-state index contributed by atoms with van der Waals surface area (Å²) in [7, 11) is 0. The Hall–Kier alpha value is -3.81. The Balaban J connectivity index is 1.29. The summed E-state index contributed by atoms with van der Waals surface area (Å²) in [6, 6.07) is 13.8. The van der Waals surface area contributed by atoms with E-state index in [0.29, 0.717) is 28.8 Å². The number of nitrogens with zero attached hydrogens (tertiary/aromatic N) is 3. The lowest BCUT2D eigenvalue weighted by molar-refractivity contribution is 0.0642. The van der Waals surface area contributed by atoms with Gasteiger partial charge in [-0.2, -0.15) is 4.98 Å². The molecular formula is C22H18N4O4. The number of nitrogens with one attached hydrogen (secondary N) is 1. The molecule has 8 heteroatoms. The molecule has 3 aromatic rings. The lowest BCUT2D eigenvalue weighted by Gasteiger charge is -2.13. The lowest BCUT2D eigenvalue weighted by Crippen LogP contribution is -2.29. The summed E-state index contributed by atoms with van der Waals surface area (Å²) < 4.78 is 5.15. The zero-order valence-corrected chi connectivity index (χ0v) is 16.0. The van der Waals surface area contributed by atoms with Crippen LogP contribution < -0.4 is 5.32 Å². The van der Waals surface area contributed by atoms with E-state index in [-0.39, 0.29) is 30.5 Å². The molecule has 0 unspecified atom stereocenters. The largest absolute Gasteiger partial charge is 0.343 e. The van der Waals surface area contributed by atoms with Crippen LogP contribution in [0.4, 0.5) is 0 Å². The van der Waals surface area contributed by atoms with Gasteiger partial charge in [0.25, 0.3) is 17.7 Å². The van der Waals surface area contributed by atoms with E-state index in [1.165, 1.54) is 23.1 Å². The van der Waals surface area contributed by atoms with Gasteiger partial charge in [0.15, 0.2) is 5.82 Å². The summed E-state index contributed by atoms with van der Waals surface area (Å²) in [5, 5.41) is 6.62. The van der Waals surface area contributed by atoms with Gasteiger partial charge in [0, 0.05) is 11.5 Å². The maximum Gasteiger partial charge on any atom is 0.261 e. The number of fused-ring (bicyclic) bond motifs is 1. The van der Waals surface area contributed by atoms with Crippen LogP contribution >= 0.6 is 0 Å². The molecule has 5 rings (SSSR count). The van der Waals surface area contributed by atoms with Crippen molar-refractivity contribution < 1.29 is 18.9 Å². The van der Waals surface area contributed by atoms with Gasteiger partial charge in [-0.15, -0.1) is 0 Å². The first-order valence-electron chi connectivity index (χ1n) is 9.75. The Labute approximate surface area is 171 Å². The highest BCUT2D eigenvalue weighted by Crippen LogP contribution is 2.38. The first-order valence-corrected chi connectivity index (χ1v) is 9.75. The second-order valence-electron chi connectivity index (χ2n) is 7.45. The van der Waals surface area contributed by atoms with Crippen LogP contribution in [0.1, 0.15) is 67.1 Å². The third kappa shape index (κ3) is 3.36. The number of hydrogen-bond acceptors (Lipinski definition) is 6. The van der Waals surface area contributed by atoms with E-state index in [0.717, 1.165) is 18.4 Å². The van der Waals surface area contributed by atoms with Crippen molar-refractivity contribution in [1.82, 2.24) is 20.4 Å². The third-order valence-corrected chi connectivity index (χ3v) is 5.24. The van der Waals surface area contributed by atoms with Gasteiger partial charge in [-0.3, -0.25) is 19.3 Å². The van der Waals surface area contributed by atoms with Crippen LogP contribution in [0.25, 0.3) is 0 Å².